The van der Waals surface area contributed by atoms with E-state index in [4.69, 9.17) is 0 Å². The molecule has 0 heterocycles. The first-order chi connectivity index (χ1) is 8.95. The quantitative estimate of drug-likeness (QED) is 0.829. The fourth-order valence-corrected chi connectivity index (χ4v) is 2.40. The number of nitrogens with zero attached hydrogens (tertiary/aromatic N) is 1. The Bertz CT molecular complexity index is 473. The first-order valence-electron chi connectivity index (χ1n) is 6.30. The van der Waals surface area contributed by atoms with Crippen LogP contribution in [0.3, 0.4) is 0 Å². The number of rotatable bonds is 5. The van der Waals surface area contributed by atoms with Crippen LogP contribution in [-0.2, 0) is 0 Å². The minimum atomic E-state index is -0.695. The third kappa shape index (κ3) is 3.58. The zero-order chi connectivity index (χ0) is 14.0. The molecule has 0 unspecified atom stereocenters. The largest absolute Gasteiger partial charge is 0.393 e. The Kier molecular flexibility index (Phi) is 4.27. The molecule has 1 aliphatic rings. The Hall–Kier alpha value is -1.33. The van der Waals surface area contributed by atoms with Gasteiger partial charge in [0.1, 0.15) is 11.6 Å². The Morgan fingerprint density at radius 2 is 2.11 bits per heavy atom. The van der Waals surface area contributed by atoms with Gasteiger partial charge in [-0.05, 0) is 44.0 Å². The molecule has 0 aromatic heterocycles. The van der Waals surface area contributed by atoms with E-state index in [9.17, 15) is 18.7 Å². The molecule has 1 aromatic carbocycles. The number of halogens is 2. The van der Waals surface area contributed by atoms with Crippen molar-refractivity contribution in [2.45, 2.75) is 18.9 Å². The van der Waals surface area contributed by atoms with E-state index < -0.39 is 17.4 Å². The smallest absolute Gasteiger partial charge is 0.179 e. The molecule has 1 aliphatic carbocycles. The zero-order valence-electron chi connectivity index (χ0n) is 10.8. The number of benzene rings is 1. The molecule has 19 heavy (non-hydrogen) atoms. The Balaban J connectivity index is 1.91. The molecule has 3 nitrogen and oxygen atoms in total. The van der Waals surface area contributed by atoms with Crippen molar-refractivity contribution in [2.75, 3.05) is 20.1 Å². The summed E-state index contributed by atoms with van der Waals surface area (Å²) >= 11 is 0. The van der Waals surface area contributed by atoms with E-state index in [0.29, 0.717) is 12.5 Å². The van der Waals surface area contributed by atoms with E-state index >= 15 is 0 Å². The number of hydrogen-bond acceptors (Lipinski definition) is 3. The zero-order valence-corrected chi connectivity index (χ0v) is 10.8. The van der Waals surface area contributed by atoms with Gasteiger partial charge in [0, 0.05) is 6.54 Å². The molecule has 1 saturated carbocycles. The van der Waals surface area contributed by atoms with Crippen LogP contribution in [0.4, 0.5) is 8.78 Å². The molecule has 1 aromatic rings. The number of aliphatic hydroxyl groups is 1. The molecular formula is C14H17F2NO2. The van der Waals surface area contributed by atoms with Crippen LogP contribution in [0.25, 0.3) is 0 Å². The number of hydrogen-bond donors (Lipinski definition) is 1. The van der Waals surface area contributed by atoms with Gasteiger partial charge >= 0.3 is 0 Å². The molecule has 2 rings (SSSR count). The lowest BCUT2D eigenvalue weighted by Crippen LogP contribution is -2.39. The summed E-state index contributed by atoms with van der Waals surface area (Å²) in [7, 11) is 1.76. The lowest BCUT2D eigenvalue weighted by atomic mass is 9.82. The highest BCUT2D eigenvalue weighted by atomic mass is 19.1. The second-order valence-electron chi connectivity index (χ2n) is 5.24. The average molecular weight is 269 g/mol. The summed E-state index contributed by atoms with van der Waals surface area (Å²) in [5.41, 5.74) is -0.208. The van der Waals surface area contributed by atoms with Crippen LogP contribution >= 0.6 is 0 Å². The molecule has 0 radical (unpaired) electrons. The van der Waals surface area contributed by atoms with Crippen molar-refractivity contribution < 1.29 is 18.7 Å². The number of ketones is 1. The molecule has 1 fully saturated rings. The summed E-state index contributed by atoms with van der Waals surface area (Å²) in [6.07, 6.45) is 1.26. The maximum absolute atomic E-state index is 13.4. The summed E-state index contributed by atoms with van der Waals surface area (Å²) in [5, 5.41) is 9.18. The molecule has 0 bridgehead atoms. The van der Waals surface area contributed by atoms with E-state index in [1.54, 1.807) is 11.9 Å². The maximum atomic E-state index is 13.4. The van der Waals surface area contributed by atoms with Gasteiger partial charge < -0.3 is 5.11 Å². The number of aliphatic hydroxyl groups excluding tert-OH is 1. The average Bonchev–Trinajstić information content (AvgIpc) is 2.30. The predicted molar refractivity (Wildman–Crippen MR) is 66.9 cm³/mol. The van der Waals surface area contributed by atoms with Gasteiger partial charge in [-0.3, -0.25) is 9.69 Å². The Morgan fingerprint density at radius 3 is 2.74 bits per heavy atom. The summed E-state index contributed by atoms with van der Waals surface area (Å²) < 4.78 is 26.4. The fraction of sp³-hybridized carbons (Fsp3) is 0.500. The van der Waals surface area contributed by atoms with Crippen LogP contribution in [0, 0.1) is 17.6 Å². The first kappa shape index (κ1) is 14.1. The predicted octanol–water partition coefficient (Wildman–Crippen LogP) is 1.85. The number of Topliss-reactive ketones (excluding diaryl/α,β-unsaturated/α-hetero) is 1. The molecule has 1 N–H and O–H groups in total. The van der Waals surface area contributed by atoms with Crippen molar-refractivity contribution in [2.24, 2.45) is 5.92 Å². The van der Waals surface area contributed by atoms with Crippen LogP contribution in [0.5, 0.6) is 0 Å². The molecule has 0 atom stereocenters. The van der Waals surface area contributed by atoms with Crippen LogP contribution in [0.1, 0.15) is 23.2 Å². The molecule has 0 saturated heterocycles. The van der Waals surface area contributed by atoms with Gasteiger partial charge in [0.25, 0.3) is 0 Å². The highest BCUT2D eigenvalue weighted by molar-refractivity contribution is 5.97. The van der Waals surface area contributed by atoms with Gasteiger partial charge in [-0.2, -0.15) is 0 Å². The van der Waals surface area contributed by atoms with Crippen molar-refractivity contribution in [3.8, 4) is 0 Å². The third-order valence-corrected chi connectivity index (χ3v) is 3.42. The number of likely N-dealkylation sites (N-methyl/N-ethyl adjacent to an activating group) is 1. The van der Waals surface area contributed by atoms with Crippen molar-refractivity contribution in [1.82, 2.24) is 4.90 Å². The number of carbonyl (C=O) groups excluding carboxylic acids is 1. The Morgan fingerprint density at radius 1 is 1.42 bits per heavy atom. The van der Waals surface area contributed by atoms with Gasteiger partial charge in [0.05, 0.1) is 18.2 Å². The monoisotopic (exact) mass is 269 g/mol. The van der Waals surface area contributed by atoms with Gasteiger partial charge in [-0.15, -0.1) is 0 Å². The van der Waals surface area contributed by atoms with Crippen molar-refractivity contribution in [3.63, 3.8) is 0 Å². The molecular weight excluding hydrogens is 252 g/mol. The van der Waals surface area contributed by atoms with Gasteiger partial charge in [-0.1, -0.05) is 0 Å². The molecule has 0 aliphatic heterocycles. The standard InChI is InChI=1S/C14H17F2NO2/c1-17(7-9-4-11(18)5-9)8-14(19)12-6-10(15)2-3-13(12)16/h2-3,6,9,11,18H,4-5,7-8H2,1H3. The van der Waals surface area contributed by atoms with E-state index in [1.807, 2.05) is 0 Å². The Labute approximate surface area is 110 Å². The maximum Gasteiger partial charge on any atom is 0.179 e. The second-order valence-corrected chi connectivity index (χ2v) is 5.24. The SMILES string of the molecule is CN(CC(=O)c1cc(F)ccc1F)CC1CC(O)C1. The van der Waals surface area contributed by atoms with Gasteiger partial charge in [0.15, 0.2) is 5.78 Å². The topological polar surface area (TPSA) is 40.5 Å². The summed E-state index contributed by atoms with van der Waals surface area (Å²) in [6.45, 7) is 0.729. The number of carbonyl (C=O) groups is 1. The molecule has 0 amide bonds. The van der Waals surface area contributed by atoms with Crippen molar-refractivity contribution in [1.29, 1.82) is 0 Å². The minimum absolute atomic E-state index is 0.0486. The molecule has 5 heteroatoms. The van der Waals surface area contributed by atoms with Crippen molar-refractivity contribution >= 4 is 5.78 Å². The summed E-state index contributed by atoms with van der Waals surface area (Å²) in [4.78, 5) is 13.7. The van der Waals surface area contributed by atoms with E-state index in [-0.39, 0.29) is 18.2 Å². The highest BCUT2D eigenvalue weighted by Crippen LogP contribution is 2.27. The summed E-state index contributed by atoms with van der Waals surface area (Å²) in [5.74, 6) is -1.36. The second kappa shape index (κ2) is 5.75. The normalized spacial score (nSPS) is 22.4. The fourth-order valence-electron chi connectivity index (χ4n) is 2.40. The van der Waals surface area contributed by atoms with E-state index in [1.165, 1.54) is 0 Å². The minimum Gasteiger partial charge on any atom is -0.393 e. The van der Waals surface area contributed by atoms with Crippen molar-refractivity contribution in [3.05, 3.63) is 35.4 Å². The van der Waals surface area contributed by atoms with E-state index in [2.05, 4.69) is 0 Å². The lowest BCUT2D eigenvalue weighted by Gasteiger charge is -2.34. The first-order valence-corrected chi connectivity index (χ1v) is 6.30. The molecule has 0 spiro atoms. The van der Waals surface area contributed by atoms with Crippen LogP contribution in [0.2, 0.25) is 0 Å². The third-order valence-electron chi connectivity index (χ3n) is 3.42. The van der Waals surface area contributed by atoms with Gasteiger partial charge in [0.2, 0.25) is 0 Å². The lowest BCUT2D eigenvalue weighted by molar-refractivity contribution is 0.0285. The summed E-state index contributed by atoms with van der Waals surface area (Å²) in [6, 6.07) is 2.88. The van der Waals surface area contributed by atoms with E-state index in [0.717, 1.165) is 31.0 Å². The van der Waals surface area contributed by atoms with Gasteiger partial charge in [-0.25, -0.2) is 8.78 Å². The highest BCUT2D eigenvalue weighted by Gasteiger charge is 2.28. The van der Waals surface area contributed by atoms with Crippen LogP contribution in [0.15, 0.2) is 18.2 Å². The van der Waals surface area contributed by atoms with Crippen LogP contribution in [-0.4, -0.2) is 42.0 Å². The molecule has 104 valence electrons. The van der Waals surface area contributed by atoms with Crippen LogP contribution < -0.4 is 0 Å².